The first-order chi connectivity index (χ1) is 7.11. The molecule has 15 heavy (non-hydrogen) atoms. The van der Waals surface area contributed by atoms with Crippen molar-refractivity contribution in [1.82, 2.24) is 0 Å². The zero-order valence-corrected chi connectivity index (χ0v) is 11.4. The molecule has 0 radical (unpaired) electrons. The van der Waals surface area contributed by atoms with Crippen molar-refractivity contribution in [3.8, 4) is 0 Å². The van der Waals surface area contributed by atoms with Crippen LogP contribution in [-0.2, 0) is 4.74 Å². The molecule has 1 aliphatic rings. The lowest BCUT2D eigenvalue weighted by atomic mass is 9.95. The quantitative estimate of drug-likeness (QED) is 0.661. The Morgan fingerprint density at radius 1 is 1.20 bits per heavy atom. The lowest BCUT2D eigenvalue weighted by molar-refractivity contribution is 0.0807. The molecule has 1 nitrogen and oxygen atoms in total. The first-order valence-corrected chi connectivity index (χ1v) is 6.73. The standard InChI is InChI=1S/C10H20O.C4H10/c1-3-5-6-10-9(4-2)7-8-11-10;1-4(2)3/h9-10H,3-8H2,1-2H3;4H,1-3H3. The molecule has 1 rings (SSSR count). The molecule has 1 heteroatoms. The highest BCUT2D eigenvalue weighted by atomic mass is 16.5. The summed E-state index contributed by atoms with van der Waals surface area (Å²) in [7, 11) is 0. The smallest absolute Gasteiger partial charge is 0.0604 e. The van der Waals surface area contributed by atoms with E-state index in [1.807, 2.05) is 0 Å². The van der Waals surface area contributed by atoms with Gasteiger partial charge in [0.1, 0.15) is 0 Å². The van der Waals surface area contributed by atoms with Gasteiger partial charge in [-0.3, -0.25) is 0 Å². The maximum atomic E-state index is 5.66. The number of hydrogen-bond acceptors (Lipinski definition) is 1. The van der Waals surface area contributed by atoms with Gasteiger partial charge in [0.15, 0.2) is 0 Å². The van der Waals surface area contributed by atoms with Gasteiger partial charge in [0.05, 0.1) is 6.10 Å². The zero-order chi connectivity index (χ0) is 11.7. The van der Waals surface area contributed by atoms with E-state index in [-0.39, 0.29) is 0 Å². The Hall–Kier alpha value is -0.0400. The third-order valence-corrected chi connectivity index (χ3v) is 2.71. The average molecular weight is 214 g/mol. The number of hydrogen-bond donors (Lipinski definition) is 0. The highest BCUT2D eigenvalue weighted by molar-refractivity contribution is 4.74. The van der Waals surface area contributed by atoms with E-state index >= 15 is 0 Å². The minimum atomic E-state index is 0.597. The highest BCUT2D eigenvalue weighted by Gasteiger charge is 2.25. The van der Waals surface area contributed by atoms with Gasteiger partial charge >= 0.3 is 0 Å². The molecule has 1 heterocycles. The predicted molar refractivity (Wildman–Crippen MR) is 68.2 cm³/mol. The van der Waals surface area contributed by atoms with Crippen LogP contribution < -0.4 is 0 Å². The zero-order valence-electron chi connectivity index (χ0n) is 11.4. The average Bonchev–Trinajstić information content (AvgIpc) is 2.60. The van der Waals surface area contributed by atoms with Crippen LogP contribution in [0.15, 0.2) is 0 Å². The molecule has 0 saturated carbocycles. The molecule has 2 atom stereocenters. The van der Waals surface area contributed by atoms with Gasteiger partial charge in [0.25, 0.3) is 0 Å². The Morgan fingerprint density at radius 2 is 1.80 bits per heavy atom. The third-order valence-electron chi connectivity index (χ3n) is 2.71. The van der Waals surface area contributed by atoms with Crippen LogP contribution >= 0.6 is 0 Å². The summed E-state index contributed by atoms with van der Waals surface area (Å²) in [4.78, 5) is 0. The lowest BCUT2D eigenvalue weighted by Crippen LogP contribution is -2.14. The first kappa shape index (κ1) is 15.0. The van der Waals surface area contributed by atoms with Crippen molar-refractivity contribution in [2.75, 3.05) is 6.61 Å². The number of ether oxygens (including phenoxy) is 1. The summed E-state index contributed by atoms with van der Waals surface area (Å²) in [5, 5.41) is 0. The minimum Gasteiger partial charge on any atom is -0.378 e. The van der Waals surface area contributed by atoms with Gasteiger partial charge in [-0.2, -0.15) is 0 Å². The second kappa shape index (κ2) is 9.21. The van der Waals surface area contributed by atoms with E-state index in [1.54, 1.807) is 0 Å². The second-order valence-electron chi connectivity index (χ2n) is 5.24. The fourth-order valence-corrected chi connectivity index (χ4v) is 1.88. The molecule has 0 bridgehead atoms. The molecule has 0 aromatic rings. The SMILES string of the molecule is CC(C)C.CCCCC1OCCC1CC. The van der Waals surface area contributed by atoms with E-state index in [4.69, 9.17) is 4.74 Å². The van der Waals surface area contributed by atoms with Crippen LogP contribution in [0.2, 0.25) is 0 Å². The maximum absolute atomic E-state index is 5.66. The molecule has 92 valence electrons. The van der Waals surface area contributed by atoms with Crippen LogP contribution in [0.1, 0.15) is 66.7 Å². The molecule has 0 spiro atoms. The van der Waals surface area contributed by atoms with E-state index < -0.39 is 0 Å². The van der Waals surface area contributed by atoms with E-state index in [0.29, 0.717) is 6.10 Å². The van der Waals surface area contributed by atoms with Gasteiger partial charge in [-0.1, -0.05) is 53.9 Å². The normalized spacial score (nSPS) is 25.2. The summed E-state index contributed by atoms with van der Waals surface area (Å²) < 4.78 is 5.66. The monoisotopic (exact) mass is 214 g/mol. The molecule has 0 amide bonds. The van der Waals surface area contributed by atoms with Crippen LogP contribution in [0.3, 0.4) is 0 Å². The molecular formula is C14H30O. The summed E-state index contributed by atoms with van der Waals surface area (Å²) in [5.74, 6) is 1.70. The molecular weight excluding hydrogens is 184 g/mol. The Kier molecular flexibility index (Phi) is 9.18. The molecule has 0 N–H and O–H groups in total. The highest BCUT2D eigenvalue weighted by Crippen LogP contribution is 2.27. The van der Waals surface area contributed by atoms with Crippen LogP contribution in [0, 0.1) is 11.8 Å². The molecule has 0 aromatic heterocycles. The van der Waals surface area contributed by atoms with Gasteiger partial charge in [-0.25, -0.2) is 0 Å². The number of rotatable bonds is 4. The molecule has 0 aliphatic carbocycles. The molecule has 0 aromatic carbocycles. The van der Waals surface area contributed by atoms with Gasteiger partial charge in [0, 0.05) is 6.61 Å². The van der Waals surface area contributed by atoms with Gasteiger partial charge in [-0.05, 0) is 24.7 Å². The summed E-state index contributed by atoms with van der Waals surface area (Å²) >= 11 is 0. The fraction of sp³-hybridized carbons (Fsp3) is 1.00. The summed E-state index contributed by atoms with van der Waals surface area (Å²) in [6, 6.07) is 0. The fourth-order valence-electron chi connectivity index (χ4n) is 1.88. The van der Waals surface area contributed by atoms with Gasteiger partial charge < -0.3 is 4.74 Å². The van der Waals surface area contributed by atoms with Crippen molar-refractivity contribution in [3.63, 3.8) is 0 Å². The van der Waals surface area contributed by atoms with Gasteiger partial charge in [-0.15, -0.1) is 0 Å². The predicted octanol–water partition coefficient (Wildman–Crippen LogP) is 4.65. The second-order valence-corrected chi connectivity index (χ2v) is 5.24. The maximum Gasteiger partial charge on any atom is 0.0604 e. The molecule has 1 fully saturated rings. The topological polar surface area (TPSA) is 9.23 Å². The van der Waals surface area contributed by atoms with Crippen LogP contribution in [0.5, 0.6) is 0 Å². The Bertz CT molecular complexity index is 129. The molecule has 2 unspecified atom stereocenters. The molecule has 1 saturated heterocycles. The summed E-state index contributed by atoms with van der Waals surface area (Å²) in [5.41, 5.74) is 0. The van der Waals surface area contributed by atoms with Crippen molar-refractivity contribution >= 4 is 0 Å². The lowest BCUT2D eigenvalue weighted by Gasteiger charge is -2.15. The van der Waals surface area contributed by atoms with E-state index in [0.717, 1.165) is 18.4 Å². The van der Waals surface area contributed by atoms with Crippen LogP contribution in [0.25, 0.3) is 0 Å². The molecule has 1 aliphatic heterocycles. The summed E-state index contributed by atoms with van der Waals surface area (Å²) in [6.45, 7) is 12.0. The Morgan fingerprint density at radius 3 is 2.27 bits per heavy atom. The van der Waals surface area contributed by atoms with Crippen LogP contribution in [0.4, 0.5) is 0 Å². The Balaban J connectivity index is 0.000000423. The minimum absolute atomic E-state index is 0.597. The first-order valence-electron chi connectivity index (χ1n) is 6.73. The van der Waals surface area contributed by atoms with E-state index in [1.165, 1.54) is 32.1 Å². The van der Waals surface area contributed by atoms with E-state index in [9.17, 15) is 0 Å². The van der Waals surface area contributed by atoms with Gasteiger partial charge in [0.2, 0.25) is 0 Å². The van der Waals surface area contributed by atoms with Crippen molar-refractivity contribution in [2.45, 2.75) is 72.8 Å². The largest absolute Gasteiger partial charge is 0.378 e. The van der Waals surface area contributed by atoms with Crippen molar-refractivity contribution in [1.29, 1.82) is 0 Å². The van der Waals surface area contributed by atoms with Crippen molar-refractivity contribution in [3.05, 3.63) is 0 Å². The van der Waals surface area contributed by atoms with Crippen molar-refractivity contribution in [2.24, 2.45) is 11.8 Å². The summed E-state index contributed by atoms with van der Waals surface area (Å²) in [6.07, 6.45) is 7.12. The third kappa shape index (κ3) is 7.84. The number of unbranched alkanes of at least 4 members (excludes halogenated alkanes) is 1. The Labute approximate surface area is 96.6 Å². The van der Waals surface area contributed by atoms with Crippen LogP contribution in [-0.4, -0.2) is 12.7 Å². The van der Waals surface area contributed by atoms with Crippen molar-refractivity contribution < 1.29 is 4.74 Å². The van der Waals surface area contributed by atoms with E-state index in [2.05, 4.69) is 34.6 Å².